The van der Waals surface area contributed by atoms with Gasteiger partial charge in [0.05, 0.1) is 17.7 Å². The van der Waals surface area contributed by atoms with Crippen LogP contribution in [0.4, 0.5) is 0 Å². The van der Waals surface area contributed by atoms with Crippen molar-refractivity contribution in [2.45, 2.75) is 32.5 Å². The number of nitrogens with zero attached hydrogens (tertiary/aromatic N) is 2. The molecule has 1 fully saturated rings. The highest BCUT2D eigenvalue weighted by atomic mass is 32.2. The summed E-state index contributed by atoms with van der Waals surface area (Å²) in [5, 5.41) is 7.43. The van der Waals surface area contributed by atoms with Crippen LogP contribution in [0.15, 0.2) is 12.4 Å². The molecular weight excluding hydrogens is 226 g/mol. The van der Waals surface area contributed by atoms with Gasteiger partial charge in [0.1, 0.15) is 0 Å². The number of hydrogen-bond donors (Lipinski definition) is 1. The van der Waals surface area contributed by atoms with Crippen molar-refractivity contribution in [2.75, 3.05) is 11.5 Å². The summed E-state index contributed by atoms with van der Waals surface area (Å²) in [7, 11) is -2.78. The Morgan fingerprint density at radius 1 is 1.62 bits per heavy atom. The topological polar surface area (TPSA) is 64.0 Å². The zero-order chi connectivity index (χ0) is 11.6. The van der Waals surface area contributed by atoms with E-state index < -0.39 is 9.84 Å². The van der Waals surface area contributed by atoms with Crippen LogP contribution in [0.5, 0.6) is 0 Å². The van der Waals surface area contributed by atoms with Gasteiger partial charge in [-0.1, -0.05) is 0 Å². The fraction of sp³-hybridized carbons (Fsp3) is 0.700. The summed E-state index contributed by atoms with van der Waals surface area (Å²) in [6, 6.07) is 0.106. The lowest BCUT2D eigenvalue weighted by molar-refractivity contribution is 0.553. The molecule has 0 spiro atoms. The maximum Gasteiger partial charge on any atom is 0.151 e. The van der Waals surface area contributed by atoms with E-state index in [-0.39, 0.29) is 11.8 Å². The number of sulfone groups is 1. The first-order valence-electron chi connectivity index (χ1n) is 5.54. The molecule has 1 aliphatic rings. The van der Waals surface area contributed by atoms with E-state index in [1.165, 1.54) is 0 Å². The van der Waals surface area contributed by atoms with Crippen LogP contribution in [-0.2, 0) is 22.9 Å². The molecule has 1 N–H and O–H groups in total. The van der Waals surface area contributed by atoms with E-state index in [0.717, 1.165) is 18.5 Å². The second-order valence-corrected chi connectivity index (χ2v) is 6.41. The van der Waals surface area contributed by atoms with Gasteiger partial charge in [0.15, 0.2) is 9.84 Å². The monoisotopic (exact) mass is 243 g/mol. The zero-order valence-electron chi connectivity index (χ0n) is 9.39. The lowest BCUT2D eigenvalue weighted by Gasteiger charge is -2.08. The molecule has 0 aliphatic carbocycles. The zero-order valence-corrected chi connectivity index (χ0v) is 10.2. The number of hydrogen-bond acceptors (Lipinski definition) is 4. The van der Waals surface area contributed by atoms with E-state index in [9.17, 15) is 8.42 Å². The van der Waals surface area contributed by atoms with Crippen LogP contribution in [0.2, 0.25) is 0 Å². The number of nitrogens with one attached hydrogen (secondary N) is 1. The van der Waals surface area contributed by atoms with Gasteiger partial charge < -0.3 is 5.32 Å². The Hall–Kier alpha value is -0.880. The minimum Gasteiger partial charge on any atom is -0.309 e. The third kappa shape index (κ3) is 2.82. The molecular formula is C10H17N3O2S. The Bertz CT molecular complexity index is 452. The summed E-state index contributed by atoms with van der Waals surface area (Å²) in [5.74, 6) is 0.591. The van der Waals surface area contributed by atoms with Crippen molar-refractivity contribution in [1.82, 2.24) is 15.1 Å². The summed E-state index contributed by atoms with van der Waals surface area (Å²) in [4.78, 5) is 0. The van der Waals surface area contributed by atoms with Crippen LogP contribution < -0.4 is 5.32 Å². The minimum absolute atomic E-state index is 0.106. The molecule has 1 saturated heterocycles. The molecule has 1 aromatic rings. The predicted octanol–water partition coefficient (Wildman–Crippen LogP) is 0.180. The van der Waals surface area contributed by atoms with E-state index in [2.05, 4.69) is 10.4 Å². The summed E-state index contributed by atoms with van der Waals surface area (Å²) in [6.07, 6.45) is 4.53. The molecule has 2 rings (SSSR count). The lowest BCUT2D eigenvalue weighted by atomic mass is 10.2. The van der Waals surface area contributed by atoms with Gasteiger partial charge in [-0.05, 0) is 13.3 Å². The van der Waals surface area contributed by atoms with E-state index in [1.54, 1.807) is 0 Å². The second-order valence-electron chi connectivity index (χ2n) is 4.19. The fourth-order valence-electron chi connectivity index (χ4n) is 1.89. The minimum atomic E-state index is -2.78. The van der Waals surface area contributed by atoms with Gasteiger partial charge in [-0.2, -0.15) is 5.10 Å². The number of aromatic nitrogens is 2. The van der Waals surface area contributed by atoms with Gasteiger partial charge in [0.2, 0.25) is 0 Å². The third-order valence-electron chi connectivity index (χ3n) is 2.84. The van der Waals surface area contributed by atoms with E-state index >= 15 is 0 Å². The normalized spacial score (nSPS) is 23.7. The molecule has 0 radical (unpaired) electrons. The van der Waals surface area contributed by atoms with E-state index in [1.807, 2.05) is 24.0 Å². The van der Waals surface area contributed by atoms with Crippen molar-refractivity contribution in [2.24, 2.45) is 0 Å². The Morgan fingerprint density at radius 2 is 2.44 bits per heavy atom. The molecule has 0 saturated carbocycles. The van der Waals surface area contributed by atoms with E-state index in [4.69, 9.17) is 0 Å². The molecule has 16 heavy (non-hydrogen) atoms. The fourth-order valence-corrected chi connectivity index (χ4v) is 3.60. The first-order valence-corrected chi connectivity index (χ1v) is 7.36. The molecule has 1 unspecified atom stereocenters. The van der Waals surface area contributed by atoms with Crippen LogP contribution in [0, 0.1) is 0 Å². The average molecular weight is 243 g/mol. The van der Waals surface area contributed by atoms with Crippen molar-refractivity contribution < 1.29 is 8.42 Å². The van der Waals surface area contributed by atoms with Crippen molar-refractivity contribution in [3.63, 3.8) is 0 Å². The lowest BCUT2D eigenvalue weighted by Crippen LogP contribution is -2.29. The summed E-state index contributed by atoms with van der Waals surface area (Å²) in [5.41, 5.74) is 1.10. The van der Waals surface area contributed by atoms with Crippen LogP contribution in [0.25, 0.3) is 0 Å². The summed E-state index contributed by atoms with van der Waals surface area (Å²) >= 11 is 0. The standard InChI is InChI=1S/C10H17N3O2S/c1-2-13-7-9(6-12-13)5-11-10-3-4-16(14,15)8-10/h6-7,10-11H,2-5,8H2,1H3. The van der Waals surface area contributed by atoms with Crippen molar-refractivity contribution in [3.05, 3.63) is 18.0 Å². The van der Waals surface area contributed by atoms with Crippen LogP contribution >= 0.6 is 0 Å². The highest BCUT2D eigenvalue weighted by Gasteiger charge is 2.27. The van der Waals surface area contributed by atoms with Gasteiger partial charge in [-0.25, -0.2) is 8.42 Å². The Labute approximate surface area is 95.8 Å². The van der Waals surface area contributed by atoms with Gasteiger partial charge in [-0.3, -0.25) is 4.68 Å². The average Bonchev–Trinajstić information content (AvgIpc) is 2.81. The Kier molecular flexibility index (Phi) is 3.30. The van der Waals surface area contributed by atoms with Crippen LogP contribution in [0.3, 0.4) is 0 Å². The Morgan fingerprint density at radius 3 is 3.00 bits per heavy atom. The largest absolute Gasteiger partial charge is 0.309 e. The molecule has 1 aliphatic heterocycles. The van der Waals surface area contributed by atoms with Crippen molar-refractivity contribution in [3.8, 4) is 0 Å². The molecule has 5 nitrogen and oxygen atoms in total. The van der Waals surface area contributed by atoms with Crippen LogP contribution in [-0.4, -0.2) is 35.7 Å². The molecule has 2 heterocycles. The molecule has 0 aromatic carbocycles. The second kappa shape index (κ2) is 4.55. The van der Waals surface area contributed by atoms with Crippen LogP contribution in [0.1, 0.15) is 18.9 Å². The van der Waals surface area contributed by atoms with E-state index in [0.29, 0.717) is 12.3 Å². The van der Waals surface area contributed by atoms with Crippen molar-refractivity contribution in [1.29, 1.82) is 0 Å². The SMILES string of the molecule is CCn1cc(CNC2CCS(=O)(=O)C2)cn1. The van der Waals surface area contributed by atoms with Gasteiger partial charge in [-0.15, -0.1) is 0 Å². The highest BCUT2D eigenvalue weighted by molar-refractivity contribution is 7.91. The van der Waals surface area contributed by atoms with Gasteiger partial charge in [0, 0.05) is 30.9 Å². The molecule has 1 aromatic heterocycles. The van der Waals surface area contributed by atoms with Gasteiger partial charge >= 0.3 is 0 Å². The molecule has 6 heteroatoms. The molecule has 90 valence electrons. The first kappa shape index (κ1) is 11.6. The molecule has 0 bridgehead atoms. The molecule has 0 amide bonds. The quantitative estimate of drug-likeness (QED) is 0.819. The van der Waals surface area contributed by atoms with Crippen molar-refractivity contribution >= 4 is 9.84 Å². The Balaban J connectivity index is 1.84. The first-order chi connectivity index (χ1) is 7.59. The summed E-state index contributed by atoms with van der Waals surface area (Å²) in [6.45, 7) is 3.59. The highest BCUT2D eigenvalue weighted by Crippen LogP contribution is 2.11. The predicted molar refractivity (Wildman–Crippen MR) is 61.8 cm³/mol. The number of aryl methyl sites for hydroxylation is 1. The maximum atomic E-state index is 11.2. The van der Waals surface area contributed by atoms with Gasteiger partial charge in [0.25, 0.3) is 0 Å². The maximum absolute atomic E-state index is 11.2. The smallest absolute Gasteiger partial charge is 0.151 e. The summed E-state index contributed by atoms with van der Waals surface area (Å²) < 4.78 is 24.4. The number of rotatable bonds is 4. The third-order valence-corrected chi connectivity index (χ3v) is 4.61. The molecule has 1 atom stereocenters.